The van der Waals surface area contributed by atoms with E-state index in [9.17, 15) is 31.4 Å². The first-order chi connectivity index (χ1) is 10.5. The maximum absolute atomic E-state index is 12.9. The molecule has 4 rings (SSSR count). The van der Waals surface area contributed by atoms with Gasteiger partial charge in [-0.05, 0) is 67.1 Å². The van der Waals surface area contributed by atoms with E-state index in [1.165, 1.54) is 0 Å². The van der Waals surface area contributed by atoms with Crippen LogP contribution in [0.5, 0.6) is 0 Å². The molecule has 4 aliphatic carbocycles. The molecule has 0 heterocycles. The molecule has 3 saturated carbocycles. The smallest absolute Gasteiger partial charge is 0.374 e. The number of aliphatic hydroxyl groups is 1. The van der Waals surface area contributed by atoms with Gasteiger partial charge >= 0.3 is 12.4 Å². The fourth-order valence-electron chi connectivity index (χ4n) is 6.16. The van der Waals surface area contributed by atoms with Gasteiger partial charge in [0.05, 0.1) is 0 Å². The van der Waals surface area contributed by atoms with Gasteiger partial charge in [-0.1, -0.05) is 12.2 Å². The molecular formula is C16H18F6O. The van der Waals surface area contributed by atoms with Crippen molar-refractivity contribution in [1.29, 1.82) is 0 Å². The number of halogens is 6. The van der Waals surface area contributed by atoms with E-state index in [2.05, 4.69) is 12.2 Å². The van der Waals surface area contributed by atoms with Gasteiger partial charge in [-0.2, -0.15) is 26.3 Å². The van der Waals surface area contributed by atoms with E-state index in [0.717, 1.165) is 12.8 Å². The largest absolute Gasteiger partial charge is 0.426 e. The molecule has 4 bridgehead atoms. The van der Waals surface area contributed by atoms with Gasteiger partial charge in [0.1, 0.15) is 0 Å². The minimum absolute atomic E-state index is 0.110. The first-order valence-electron chi connectivity index (χ1n) is 8.07. The number of alkyl halides is 6. The third-order valence-corrected chi connectivity index (χ3v) is 6.90. The highest BCUT2D eigenvalue weighted by molar-refractivity contribution is 5.21. The summed E-state index contributed by atoms with van der Waals surface area (Å²) in [6.07, 6.45) is -6.27. The van der Waals surface area contributed by atoms with Crippen LogP contribution in [0.1, 0.15) is 25.7 Å². The molecule has 4 aliphatic rings. The quantitative estimate of drug-likeness (QED) is 0.451. The van der Waals surface area contributed by atoms with Gasteiger partial charge in [-0.15, -0.1) is 0 Å². The fourth-order valence-corrected chi connectivity index (χ4v) is 6.16. The van der Waals surface area contributed by atoms with Crippen molar-refractivity contribution in [3.63, 3.8) is 0 Å². The summed E-state index contributed by atoms with van der Waals surface area (Å²) in [6, 6.07) is 0. The Morgan fingerprint density at radius 1 is 0.826 bits per heavy atom. The van der Waals surface area contributed by atoms with Crippen LogP contribution in [0.25, 0.3) is 0 Å². The lowest BCUT2D eigenvalue weighted by molar-refractivity contribution is -0.373. The summed E-state index contributed by atoms with van der Waals surface area (Å²) in [5, 5.41) is 9.48. The van der Waals surface area contributed by atoms with Crippen LogP contribution in [0.15, 0.2) is 12.2 Å². The average molecular weight is 340 g/mol. The van der Waals surface area contributed by atoms with Crippen LogP contribution in [0.2, 0.25) is 0 Å². The topological polar surface area (TPSA) is 20.2 Å². The van der Waals surface area contributed by atoms with Crippen molar-refractivity contribution >= 4 is 0 Å². The van der Waals surface area contributed by atoms with Crippen LogP contribution in [-0.2, 0) is 0 Å². The number of hydrogen-bond donors (Lipinski definition) is 1. The molecule has 7 unspecified atom stereocenters. The molecule has 23 heavy (non-hydrogen) atoms. The molecule has 0 amide bonds. The summed E-state index contributed by atoms with van der Waals surface area (Å²) in [6.45, 7) is 0. The summed E-state index contributed by atoms with van der Waals surface area (Å²) in [4.78, 5) is 0. The van der Waals surface area contributed by atoms with E-state index in [0.29, 0.717) is 24.2 Å². The van der Waals surface area contributed by atoms with Crippen molar-refractivity contribution in [2.45, 2.75) is 43.6 Å². The molecule has 7 atom stereocenters. The van der Waals surface area contributed by atoms with Crippen molar-refractivity contribution in [1.82, 2.24) is 0 Å². The van der Waals surface area contributed by atoms with Crippen molar-refractivity contribution < 1.29 is 31.4 Å². The van der Waals surface area contributed by atoms with E-state index in [1.54, 1.807) is 0 Å². The molecule has 0 radical (unpaired) electrons. The summed E-state index contributed by atoms with van der Waals surface area (Å²) in [5.74, 6) is 0.859. The molecule has 1 N–H and O–H groups in total. The number of allylic oxidation sites excluding steroid dienone is 2. The summed E-state index contributed by atoms with van der Waals surface area (Å²) < 4.78 is 77.6. The van der Waals surface area contributed by atoms with Gasteiger partial charge in [0.25, 0.3) is 5.60 Å². The molecule has 3 fully saturated rings. The molecule has 0 spiro atoms. The van der Waals surface area contributed by atoms with Gasteiger partial charge < -0.3 is 5.11 Å². The van der Waals surface area contributed by atoms with Crippen molar-refractivity contribution in [3.05, 3.63) is 12.2 Å². The first-order valence-corrected chi connectivity index (χ1v) is 8.07. The summed E-state index contributed by atoms with van der Waals surface area (Å²) in [7, 11) is 0. The predicted molar refractivity (Wildman–Crippen MR) is 69.1 cm³/mol. The van der Waals surface area contributed by atoms with Gasteiger partial charge in [0, 0.05) is 0 Å². The molecule has 130 valence electrons. The SMILES string of the molecule is OC(CC1CC2CC1C1C3C=CC(C3)C21)(C(F)(F)F)C(F)(F)F. The van der Waals surface area contributed by atoms with Crippen molar-refractivity contribution in [2.24, 2.45) is 41.4 Å². The summed E-state index contributed by atoms with van der Waals surface area (Å²) in [5.41, 5.74) is -4.59. The van der Waals surface area contributed by atoms with Gasteiger partial charge in [0.2, 0.25) is 0 Å². The van der Waals surface area contributed by atoms with Crippen LogP contribution in [0.3, 0.4) is 0 Å². The lowest BCUT2D eigenvalue weighted by Crippen LogP contribution is -2.58. The third kappa shape index (κ3) is 1.98. The van der Waals surface area contributed by atoms with E-state index in [-0.39, 0.29) is 17.8 Å². The Balaban J connectivity index is 1.58. The minimum atomic E-state index is -5.69. The van der Waals surface area contributed by atoms with E-state index >= 15 is 0 Å². The van der Waals surface area contributed by atoms with Gasteiger partial charge in [-0.3, -0.25) is 0 Å². The molecule has 0 aromatic rings. The maximum Gasteiger partial charge on any atom is 0.426 e. The van der Waals surface area contributed by atoms with E-state index in [1.807, 2.05) is 0 Å². The monoisotopic (exact) mass is 340 g/mol. The van der Waals surface area contributed by atoms with Crippen LogP contribution in [0, 0.1) is 41.4 Å². The molecule has 0 saturated heterocycles. The Hall–Kier alpha value is -0.720. The van der Waals surface area contributed by atoms with E-state index < -0.39 is 30.3 Å². The molecule has 0 aromatic heterocycles. The van der Waals surface area contributed by atoms with Crippen molar-refractivity contribution in [2.75, 3.05) is 0 Å². The second-order valence-electron chi connectivity index (χ2n) is 7.82. The zero-order valence-electron chi connectivity index (χ0n) is 12.2. The highest BCUT2D eigenvalue weighted by atomic mass is 19.4. The minimum Gasteiger partial charge on any atom is -0.374 e. The Morgan fingerprint density at radius 3 is 1.96 bits per heavy atom. The second kappa shape index (κ2) is 4.46. The number of rotatable bonds is 2. The molecule has 7 heteroatoms. The molecular weight excluding hydrogens is 322 g/mol. The zero-order valence-corrected chi connectivity index (χ0v) is 12.2. The van der Waals surface area contributed by atoms with Crippen molar-refractivity contribution in [3.8, 4) is 0 Å². The third-order valence-electron chi connectivity index (χ3n) is 6.90. The molecule has 1 nitrogen and oxygen atoms in total. The first kappa shape index (κ1) is 15.8. The Kier molecular flexibility index (Phi) is 3.06. The van der Waals surface area contributed by atoms with Gasteiger partial charge in [0.15, 0.2) is 0 Å². The number of fused-ring (bicyclic) bond motifs is 9. The van der Waals surface area contributed by atoms with E-state index in [4.69, 9.17) is 0 Å². The standard InChI is InChI=1S/C16H18F6O/c17-15(18,19)14(23,16(20,21)22)6-10-4-9-5-11(10)13-8-2-1-7(3-8)12(9)13/h1-2,7-13,23H,3-6H2. The van der Waals surface area contributed by atoms with Crippen LogP contribution < -0.4 is 0 Å². The molecule has 0 aliphatic heterocycles. The molecule has 0 aromatic carbocycles. The Morgan fingerprint density at radius 2 is 1.39 bits per heavy atom. The van der Waals surface area contributed by atoms with Crippen LogP contribution in [0.4, 0.5) is 26.3 Å². The lowest BCUT2D eigenvalue weighted by Gasteiger charge is -2.41. The van der Waals surface area contributed by atoms with Crippen LogP contribution >= 0.6 is 0 Å². The number of hydrogen-bond acceptors (Lipinski definition) is 1. The fraction of sp³-hybridized carbons (Fsp3) is 0.875. The zero-order chi connectivity index (χ0) is 16.8. The highest BCUT2D eigenvalue weighted by Gasteiger charge is 2.72. The normalized spacial score (nSPS) is 45.1. The maximum atomic E-state index is 12.9. The van der Waals surface area contributed by atoms with Gasteiger partial charge in [-0.25, -0.2) is 0 Å². The second-order valence-corrected chi connectivity index (χ2v) is 7.82. The lowest BCUT2D eigenvalue weighted by atomic mass is 9.67. The Labute approximate surface area is 129 Å². The summed E-state index contributed by atoms with van der Waals surface area (Å²) >= 11 is 0. The highest BCUT2D eigenvalue weighted by Crippen LogP contribution is 2.68. The average Bonchev–Trinajstić information content (AvgIpc) is 3.14. The van der Waals surface area contributed by atoms with Crippen LogP contribution in [-0.4, -0.2) is 23.1 Å². The predicted octanol–water partition coefficient (Wildman–Crippen LogP) is 4.33. The Bertz CT molecular complexity index is 522.